The lowest BCUT2D eigenvalue weighted by Gasteiger charge is -2.33. The number of hydrogen-bond acceptors (Lipinski definition) is 4. The van der Waals surface area contributed by atoms with E-state index in [-0.39, 0.29) is 17.3 Å². The molecule has 0 saturated heterocycles. The lowest BCUT2D eigenvalue weighted by molar-refractivity contribution is -0.140. The van der Waals surface area contributed by atoms with Crippen molar-refractivity contribution in [2.75, 3.05) is 17.4 Å². The van der Waals surface area contributed by atoms with Gasteiger partial charge in [0, 0.05) is 13.1 Å². The summed E-state index contributed by atoms with van der Waals surface area (Å²) >= 11 is 0. The predicted octanol–water partition coefficient (Wildman–Crippen LogP) is 5.53. The number of hydrogen-bond donors (Lipinski definition) is 1. The Hall–Kier alpha value is -3.65. The number of rotatable bonds is 13. The van der Waals surface area contributed by atoms with E-state index >= 15 is 0 Å². The second-order valence-electron chi connectivity index (χ2n) is 10.2. The van der Waals surface area contributed by atoms with Crippen molar-refractivity contribution in [3.05, 3.63) is 95.1 Å². The molecule has 0 aliphatic heterocycles. The molecule has 0 aromatic heterocycles. The van der Waals surface area contributed by atoms with Crippen molar-refractivity contribution >= 4 is 27.5 Å². The van der Waals surface area contributed by atoms with E-state index in [9.17, 15) is 18.0 Å². The second-order valence-corrected chi connectivity index (χ2v) is 12.0. The lowest BCUT2D eigenvalue weighted by atomic mass is 10.1. The minimum Gasteiger partial charge on any atom is -0.354 e. The van der Waals surface area contributed by atoms with Gasteiger partial charge in [-0.2, -0.15) is 0 Å². The number of aryl methyl sites for hydroxylation is 3. The Balaban J connectivity index is 2.04. The van der Waals surface area contributed by atoms with E-state index in [1.807, 2.05) is 65.0 Å². The smallest absolute Gasteiger partial charge is 0.264 e. The van der Waals surface area contributed by atoms with Gasteiger partial charge in [0.25, 0.3) is 10.0 Å². The third kappa shape index (κ3) is 7.72. The van der Waals surface area contributed by atoms with Gasteiger partial charge in [0.1, 0.15) is 12.6 Å². The zero-order valence-electron chi connectivity index (χ0n) is 24.2. The number of amides is 2. The summed E-state index contributed by atoms with van der Waals surface area (Å²) in [6.45, 7) is 10.0. The van der Waals surface area contributed by atoms with Gasteiger partial charge in [-0.05, 0) is 74.6 Å². The maximum Gasteiger partial charge on any atom is 0.264 e. The Morgan fingerprint density at radius 3 is 2.15 bits per heavy atom. The number of sulfonamides is 1. The minimum absolute atomic E-state index is 0.0930. The van der Waals surface area contributed by atoms with E-state index < -0.39 is 28.5 Å². The van der Waals surface area contributed by atoms with Gasteiger partial charge in [-0.15, -0.1) is 0 Å². The third-order valence-corrected chi connectivity index (χ3v) is 8.87. The number of nitrogens with one attached hydrogen (secondary N) is 1. The summed E-state index contributed by atoms with van der Waals surface area (Å²) in [6, 6.07) is 20.5. The molecule has 214 valence electrons. The maximum atomic E-state index is 14.1. The summed E-state index contributed by atoms with van der Waals surface area (Å²) in [5, 5.41) is 2.95. The van der Waals surface area contributed by atoms with Crippen LogP contribution in [0.2, 0.25) is 0 Å². The molecule has 3 aromatic carbocycles. The van der Waals surface area contributed by atoms with Crippen LogP contribution in [0.4, 0.5) is 5.69 Å². The zero-order valence-corrected chi connectivity index (χ0v) is 25.0. The molecular weight excluding hydrogens is 522 g/mol. The van der Waals surface area contributed by atoms with Crippen LogP contribution in [0.25, 0.3) is 0 Å². The normalized spacial score (nSPS) is 12.0. The first-order valence-corrected chi connectivity index (χ1v) is 15.3. The highest BCUT2D eigenvalue weighted by atomic mass is 32.2. The number of unbranched alkanes of at least 4 members (excludes halogenated alkanes) is 1. The molecule has 3 rings (SSSR count). The lowest BCUT2D eigenvalue weighted by Crippen LogP contribution is -2.52. The van der Waals surface area contributed by atoms with Crippen LogP contribution in [0, 0.1) is 20.8 Å². The second kappa shape index (κ2) is 14.1. The van der Waals surface area contributed by atoms with Crippen molar-refractivity contribution in [1.82, 2.24) is 10.2 Å². The molecule has 3 aromatic rings. The Morgan fingerprint density at radius 2 is 1.55 bits per heavy atom. The van der Waals surface area contributed by atoms with Gasteiger partial charge in [-0.25, -0.2) is 8.42 Å². The fourth-order valence-electron chi connectivity index (χ4n) is 4.45. The quantitative estimate of drug-likeness (QED) is 0.277. The molecule has 0 spiro atoms. The summed E-state index contributed by atoms with van der Waals surface area (Å²) in [4.78, 5) is 29.0. The van der Waals surface area contributed by atoms with Gasteiger partial charge < -0.3 is 10.2 Å². The first-order valence-electron chi connectivity index (χ1n) is 13.9. The highest BCUT2D eigenvalue weighted by Gasteiger charge is 2.33. The molecule has 40 heavy (non-hydrogen) atoms. The summed E-state index contributed by atoms with van der Waals surface area (Å²) in [6.07, 6.45) is 2.17. The molecule has 0 aliphatic rings. The van der Waals surface area contributed by atoms with Gasteiger partial charge in [0.2, 0.25) is 11.8 Å². The maximum absolute atomic E-state index is 14.1. The average molecular weight is 564 g/mol. The van der Waals surface area contributed by atoms with Crippen LogP contribution in [0.5, 0.6) is 0 Å². The van der Waals surface area contributed by atoms with Crippen molar-refractivity contribution in [2.45, 2.75) is 71.4 Å². The predicted molar refractivity (Wildman–Crippen MR) is 161 cm³/mol. The SMILES string of the molecule is CCCCNC(=O)[C@H](CC)N(Cc1ccc(C)cc1)C(=O)CN(c1ccc(C)c(C)c1)S(=O)(=O)c1ccccc1. The van der Waals surface area contributed by atoms with Gasteiger partial charge in [-0.1, -0.05) is 74.4 Å². The van der Waals surface area contributed by atoms with Crippen LogP contribution < -0.4 is 9.62 Å². The molecule has 0 aliphatic carbocycles. The van der Waals surface area contributed by atoms with E-state index in [2.05, 4.69) is 5.32 Å². The van der Waals surface area contributed by atoms with Gasteiger partial charge in [-0.3, -0.25) is 13.9 Å². The molecule has 1 atom stereocenters. The molecule has 0 bridgehead atoms. The monoisotopic (exact) mass is 563 g/mol. The average Bonchev–Trinajstić information content (AvgIpc) is 2.94. The first kappa shape index (κ1) is 30.9. The number of benzene rings is 3. The molecular formula is C32H41N3O4S. The number of anilines is 1. The molecule has 8 heteroatoms. The van der Waals surface area contributed by atoms with E-state index in [1.54, 1.807) is 30.3 Å². The van der Waals surface area contributed by atoms with Crippen molar-refractivity contribution in [3.8, 4) is 0 Å². The molecule has 0 heterocycles. The summed E-state index contributed by atoms with van der Waals surface area (Å²) in [7, 11) is -4.08. The van der Waals surface area contributed by atoms with Crippen molar-refractivity contribution < 1.29 is 18.0 Å². The molecule has 2 amide bonds. The molecule has 0 unspecified atom stereocenters. The largest absolute Gasteiger partial charge is 0.354 e. The van der Waals surface area contributed by atoms with Crippen LogP contribution in [0.3, 0.4) is 0 Å². The van der Waals surface area contributed by atoms with E-state index in [1.165, 1.54) is 17.0 Å². The van der Waals surface area contributed by atoms with Gasteiger partial charge in [0.15, 0.2) is 0 Å². The Kier molecular flexibility index (Phi) is 10.9. The fourth-order valence-corrected chi connectivity index (χ4v) is 5.87. The number of carbonyl (C=O) groups excluding carboxylic acids is 2. The highest BCUT2D eigenvalue weighted by molar-refractivity contribution is 7.92. The zero-order chi connectivity index (χ0) is 29.3. The Morgan fingerprint density at radius 1 is 0.875 bits per heavy atom. The van der Waals surface area contributed by atoms with Crippen molar-refractivity contribution in [1.29, 1.82) is 0 Å². The summed E-state index contributed by atoms with van der Waals surface area (Å²) < 4.78 is 29.0. The third-order valence-electron chi connectivity index (χ3n) is 7.08. The van der Waals surface area contributed by atoms with Crippen molar-refractivity contribution in [2.24, 2.45) is 0 Å². The van der Waals surface area contributed by atoms with Crippen LogP contribution in [-0.4, -0.2) is 44.3 Å². The molecule has 0 radical (unpaired) electrons. The van der Waals surface area contributed by atoms with E-state index in [0.29, 0.717) is 18.7 Å². The van der Waals surface area contributed by atoms with E-state index in [0.717, 1.165) is 39.4 Å². The topological polar surface area (TPSA) is 86.8 Å². The molecule has 0 fully saturated rings. The molecule has 0 saturated carbocycles. The van der Waals surface area contributed by atoms with E-state index in [4.69, 9.17) is 0 Å². The van der Waals surface area contributed by atoms with Crippen LogP contribution in [-0.2, 0) is 26.2 Å². The van der Waals surface area contributed by atoms with Crippen LogP contribution in [0.1, 0.15) is 55.4 Å². The Labute approximate surface area is 239 Å². The summed E-state index contributed by atoms with van der Waals surface area (Å²) in [5.74, 6) is -0.684. The first-order chi connectivity index (χ1) is 19.1. The minimum atomic E-state index is -4.08. The molecule has 7 nitrogen and oxygen atoms in total. The Bertz CT molecular complexity index is 1390. The number of carbonyl (C=O) groups is 2. The summed E-state index contributed by atoms with van der Waals surface area (Å²) in [5.41, 5.74) is 4.28. The van der Waals surface area contributed by atoms with Crippen molar-refractivity contribution in [3.63, 3.8) is 0 Å². The number of nitrogens with zero attached hydrogens (tertiary/aromatic N) is 2. The highest BCUT2D eigenvalue weighted by Crippen LogP contribution is 2.26. The standard InChI is InChI=1S/C32H41N3O4S/c1-6-8-20-33-32(37)30(7-2)34(22-27-17-14-24(3)15-18-27)31(36)23-35(28-19-16-25(4)26(5)21-28)40(38,39)29-12-10-9-11-13-29/h9-19,21,30H,6-8,20,22-23H2,1-5H3,(H,33,37)/t30-/m0/s1. The van der Waals surface area contributed by atoms with Crippen LogP contribution in [0.15, 0.2) is 77.7 Å². The fraction of sp³-hybridized carbons (Fsp3) is 0.375. The van der Waals surface area contributed by atoms with Gasteiger partial charge in [0.05, 0.1) is 10.6 Å². The van der Waals surface area contributed by atoms with Crippen LogP contribution >= 0.6 is 0 Å². The van der Waals surface area contributed by atoms with Gasteiger partial charge >= 0.3 is 0 Å². The molecule has 1 N–H and O–H groups in total.